The first kappa shape index (κ1) is 20.9. The molecule has 2 N–H and O–H groups in total. The van der Waals surface area contributed by atoms with Crippen LogP contribution in [0.4, 0.5) is 40.1 Å². The number of anilines is 4. The zero-order valence-corrected chi connectivity index (χ0v) is 17.3. The van der Waals surface area contributed by atoms with Crippen LogP contribution >= 0.6 is 11.6 Å². The number of azo groups is 1. The highest BCUT2D eigenvalue weighted by molar-refractivity contribution is 6.33. The fourth-order valence-corrected chi connectivity index (χ4v) is 2.97. The lowest BCUT2D eigenvalue weighted by molar-refractivity contribution is -0.383. The van der Waals surface area contributed by atoms with E-state index in [0.29, 0.717) is 22.1 Å². The minimum Gasteiger partial charge on any atom is -0.334 e. The highest BCUT2D eigenvalue weighted by Crippen LogP contribution is 2.34. The summed E-state index contributed by atoms with van der Waals surface area (Å²) < 4.78 is 0. The first-order chi connectivity index (χ1) is 15.6. The van der Waals surface area contributed by atoms with Gasteiger partial charge >= 0.3 is 5.69 Å². The highest BCUT2D eigenvalue weighted by Gasteiger charge is 2.23. The minimum atomic E-state index is -0.552. The number of nitro groups is 1. The molecular formula is C22H16ClN7O2. The minimum absolute atomic E-state index is 0.0221. The molecule has 0 atom stereocenters. The van der Waals surface area contributed by atoms with Gasteiger partial charge in [0.15, 0.2) is 0 Å². The van der Waals surface area contributed by atoms with Crippen molar-refractivity contribution in [1.29, 1.82) is 0 Å². The molecule has 0 amide bonds. The molecule has 0 aliphatic carbocycles. The van der Waals surface area contributed by atoms with Crippen molar-refractivity contribution in [3.05, 3.63) is 100 Å². The van der Waals surface area contributed by atoms with Crippen LogP contribution in [-0.2, 0) is 0 Å². The molecule has 0 fully saturated rings. The summed E-state index contributed by atoms with van der Waals surface area (Å²) in [6.07, 6.45) is 1.23. The number of nitrogens with one attached hydrogen (secondary N) is 2. The van der Waals surface area contributed by atoms with E-state index in [2.05, 4.69) is 30.8 Å². The molecule has 158 valence electrons. The van der Waals surface area contributed by atoms with Crippen LogP contribution in [-0.4, -0.2) is 14.9 Å². The number of nitrogens with zero attached hydrogens (tertiary/aromatic N) is 5. The molecule has 0 unspecified atom stereocenters. The van der Waals surface area contributed by atoms with E-state index in [9.17, 15) is 10.1 Å². The number of rotatable bonds is 7. The van der Waals surface area contributed by atoms with Crippen LogP contribution in [0.2, 0.25) is 5.02 Å². The van der Waals surface area contributed by atoms with Crippen LogP contribution in [0.15, 0.2) is 95.4 Å². The van der Waals surface area contributed by atoms with Crippen molar-refractivity contribution in [2.24, 2.45) is 10.2 Å². The summed E-state index contributed by atoms with van der Waals surface area (Å²) in [6.45, 7) is 0. The Morgan fingerprint density at radius 3 is 2.03 bits per heavy atom. The van der Waals surface area contributed by atoms with Gasteiger partial charge in [-0.05, 0) is 48.5 Å². The lowest BCUT2D eigenvalue weighted by Crippen LogP contribution is -2.05. The fourth-order valence-electron chi connectivity index (χ4n) is 2.78. The third-order valence-corrected chi connectivity index (χ3v) is 4.63. The first-order valence-electron chi connectivity index (χ1n) is 9.45. The maximum Gasteiger partial charge on any atom is 0.353 e. The van der Waals surface area contributed by atoms with Crippen molar-refractivity contribution in [1.82, 2.24) is 9.97 Å². The van der Waals surface area contributed by atoms with Crippen LogP contribution in [0.5, 0.6) is 0 Å². The quantitative estimate of drug-likeness (QED) is 0.181. The Kier molecular flexibility index (Phi) is 6.28. The standard InChI is InChI=1S/C22H16ClN7O2/c23-18-8-4-5-9-19(18)27-22-20(30(31)32)21(24-14-25-22)26-15-10-12-17(13-11-15)29-28-16-6-2-1-3-7-16/h1-14H,(H2,24,25,26,27). The van der Waals surface area contributed by atoms with Crippen LogP contribution in [0.25, 0.3) is 0 Å². The number of halogens is 1. The van der Waals surface area contributed by atoms with Gasteiger partial charge in [0.05, 0.1) is 27.0 Å². The normalized spacial score (nSPS) is 10.8. The van der Waals surface area contributed by atoms with E-state index in [1.165, 1.54) is 6.33 Å². The Bertz CT molecular complexity index is 1270. The van der Waals surface area contributed by atoms with Crippen molar-refractivity contribution in [2.75, 3.05) is 10.6 Å². The molecule has 0 saturated carbocycles. The van der Waals surface area contributed by atoms with E-state index < -0.39 is 4.92 Å². The van der Waals surface area contributed by atoms with Gasteiger partial charge in [0, 0.05) is 5.69 Å². The van der Waals surface area contributed by atoms with Gasteiger partial charge < -0.3 is 10.6 Å². The maximum absolute atomic E-state index is 11.8. The molecule has 3 aromatic carbocycles. The van der Waals surface area contributed by atoms with E-state index >= 15 is 0 Å². The smallest absolute Gasteiger partial charge is 0.334 e. The molecule has 0 aliphatic heterocycles. The molecule has 0 bridgehead atoms. The lowest BCUT2D eigenvalue weighted by Gasteiger charge is -2.11. The molecule has 1 aromatic heterocycles. The topological polar surface area (TPSA) is 118 Å². The Morgan fingerprint density at radius 1 is 0.781 bits per heavy atom. The molecule has 1 heterocycles. The summed E-state index contributed by atoms with van der Waals surface area (Å²) in [6, 6.07) is 23.2. The molecule has 0 saturated heterocycles. The number of hydrogen-bond donors (Lipinski definition) is 2. The summed E-state index contributed by atoms with van der Waals surface area (Å²) in [5.74, 6) is 0.0621. The first-order valence-corrected chi connectivity index (χ1v) is 9.83. The zero-order chi connectivity index (χ0) is 22.3. The summed E-state index contributed by atoms with van der Waals surface area (Å²) >= 11 is 6.15. The van der Waals surface area contributed by atoms with Crippen molar-refractivity contribution in [3.8, 4) is 0 Å². The van der Waals surface area contributed by atoms with Gasteiger partial charge in [-0.1, -0.05) is 41.9 Å². The second-order valence-corrected chi connectivity index (χ2v) is 6.90. The Balaban J connectivity index is 1.55. The molecule has 32 heavy (non-hydrogen) atoms. The average molecular weight is 446 g/mol. The van der Waals surface area contributed by atoms with E-state index in [4.69, 9.17) is 11.6 Å². The van der Waals surface area contributed by atoms with Crippen LogP contribution in [0.3, 0.4) is 0 Å². The molecule has 4 aromatic rings. The number of para-hydroxylation sites is 1. The molecule has 10 heteroatoms. The maximum atomic E-state index is 11.8. The monoisotopic (exact) mass is 445 g/mol. The highest BCUT2D eigenvalue weighted by atomic mass is 35.5. The summed E-state index contributed by atoms with van der Waals surface area (Å²) in [4.78, 5) is 19.3. The third-order valence-electron chi connectivity index (χ3n) is 4.30. The van der Waals surface area contributed by atoms with E-state index in [-0.39, 0.29) is 17.3 Å². The Hall–Kier alpha value is -4.37. The molecule has 0 aliphatic rings. The second-order valence-electron chi connectivity index (χ2n) is 6.49. The molecule has 4 rings (SSSR count). The Labute approximate surface area is 188 Å². The van der Waals surface area contributed by atoms with Gasteiger partial charge in [-0.15, -0.1) is 0 Å². The number of hydrogen-bond acceptors (Lipinski definition) is 8. The van der Waals surface area contributed by atoms with E-state index in [1.54, 1.807) is 48.5 Å². The second kappa shape index (κ2) is 9.63. The zero-order valence-electron chi connectivity index (χ0n) is 16.5. The van der Waals surface area contributed by atoms with E-state index in [1.807, 2.05) is 30.3 Å². The predicted octanol–water partition coefficient (Wildman–Crippen LogP) is 6.94. The van der Waals surface area contributed by atoms with Gasteiger partial charge in [0.1, 0.15) is 6.33 Å². The van der Waals surface area contributed by atoms with Crippen molar-refractivity contribution in [3.63, 3.8) is 0 Å². The van der Waals surface area contributed by atoms with Gasteiger partial charge in [-0.3, -0.25) is 10.1 Å². The van der Waals surface area contributed by atoms with Crippen molar-refractivity contribution < 1.29 is 4.92 Å². The SMILES string of the molecule is O=[N+]([O-])c1c(Nc2ccc(N=Nc3ccccc3)cc2)ncnc1Nc1ccccc1Cl. The molecule has 0 radical (unpaired) electrons. The summed E-state index contributed by atoms with van der Waals surface area (Å²) in [7, 11) is 0. The van der Waals surface area contributed by atoms with Gasteiger partial charge in [0.2, 0.25) is 11.6 Å². The largest absolute Gasteiger partial charge is 0.353 e. The number of benzene rings is 3. The lowest BCUT2D eigenvalue weighted by atomic mass is 10.2. The Morgan fingerprint density at radius 2 is 1.38 bits per heavy atom. The van der Waals surface area contributed by atoms with Gasteiger partial charge in [0.25, 0.3) is 0 Å². The van der Waals surface area contributed by atoms with E-state index in [0.717, 1.165) is 5.69 Å². The third kappa shape index (κ3) is 5.02. The van der Waals surface area contributed by atoms with Crippen molar-refractivity contribution in [2.45, 2.75) is 0 Å². The van der Waals surface area contributed by atoms with Gasteiger partial charge in [-0.2, -0.15) is 10.2 Å². The van der Waals surface area contributed by atoms with Crippen LogP contribution in [0.1, 0.15) is 0 Å². The summed E-state index contributed by atoms with van der Waals surface area (Å²) in [5.41, 5.74) is 2.16. The van der Waals surface area contributed by atoms with Crippen LogP contribution < -0.4 is 10.6 Å². The van der Waals surface area contributed by atoms with Gasteiger partial charge in [-0.25, -0.2) is 9.97 Å². The molecule has 0 spiro atoms. The number of aromatic nitrogens is 2. The summed E-state index contributed by atoms with van der Waals surface area (Å²) in [5, 5.41) is 26.4. The molecular weight excluding hydrogens is 430 g/mol. The van der Waals surface area contributed by atoms with Crippen LogP contribution in [0, 0.1) is 10.1 Å². The average Bonchev–Trinajstić information content (AvgIpc) is 2.81. The fraction of sp³-hybridized carbons (Fsp3) is 0. The van der Waals surface area contributed by atoms with Crippen molar-refractivity contribution >= 4 is 51.7 Å². The molecule has 9 nitrogen and oxygen atoms in total. The predicted molar refractivity (Wildman–Crippen MR) is 124 cm³/mol.